The summed E-state index contributed by atoms with van der Waals surface area (Å²) in [7, 11) is 3.40. The molecule has 0 fully saturated rings. The Bertz CT molecular complexity index is 678. The Hall–Kier alpha value is -2.14. The predicted octanol–water partition coefficient (Wildman–Crippen LogP) is 5.89. The van der Waals surface area contributed by atoms with Gasteiger partial charge in [0, 0.05) is 6.08 Å². The molecule has 0 bridgehead atoms. The Morgan fingerprint density at radius 3 is 2.85 bits per heavy atom. The van der Waals surface area contributed by atoms with Gasteiger partial charge in [0.05, 0.1) is 14.2 Å². The van der Waals surface area contributed by atoms with Crippen LogP contribution in [-0.4, -0.2) is 14.2 Å². The summed E-state index contributed by atoms with van der Waals surface area (Å²) in [5.41, 5.74) is 3.01. The molecule has 0 heterocycles. The molecule has 0 saturated carbocycles. The van der Waals surface area contributed by atoms with Crippen molar-refractivity contribution < 1.29 is 9.47 Å². The van der Waals surface area contributed by atoms with E-state index in [1.54, 1.807) is 20.3 Å². The predicted molar refractivity (Wildman–Crippen MR) is 109 cm³/mol. The Balaban J connectivity index is 2.08. The van der Waals surface area contributed by atoms with Gasteiger partial charge in [-0.15, -0.1) is 6.42 Å². The number of allylic oxidation sites excluding steroid dienone is 3. The number of ether oxygens (including phenoxy) is 2. The van der Waals surface area contributed by atoms with E-state index >= 15 is 0 Å². The van der Waals surface area contributed by atoms with Crippen molar-refractivity contribution in [1.82, 2.24) is 0 Å². The molecule has 26 heavy (non-hydrogen) atoms. The van der Waals surface area contributed by atoms with Gasteiger partial charge < -0.3 is 9.47 Å². The van der Waals surface area contributed by atoms with Crippen LogP contribution >= 0.6 is 0 Å². The summed E-state index contributed by atoms with van der Waals surface area (Å²) >= 11 is 0. The SMILES string of the molecule is C#C/C=C(\C=C/CC[C@H](C)C1c2cc(OC)ccc2CC1CCC)OC. The van der Waals surface area contributed by atoms with Gasteiger partial charge in [0.1, 0.15) is 11.5 Å². The van der Waals surface area contributed by atoms with E-state index in [1.807, 2.05) is 6.08 Å². The summed E-state index contributed by atoms with van der Waals surface area (Å²) in [4.78, 5) is 0. The van der Waals surface area contributed by atoms with Gasteiger partial charge >= 0.3 is 0 Å². The largest absolute Gasteiger partial charge is 0.497 e. The number of terminal acetylenes is 1. The van der Waals surface area contributed by atoms with Crippen molar-refractivity contribution in [2.45, 2.75) is 51.9 Å². The molecule has 2 unspecified atom stereocenters. The highest BCUT2D eigenvalue weighted by Crippen LogP contribution is 2.47. The lowest BCUT2D eigenvalue weighted by Gasteiger charge is -2.27. The van der Waals surface area contributed by atoms with Crippen molar-refractivity contribution in [3.05, 3.63) is 53.3 Å². The first kappa shape index (κ1) is 20.2. The number of rotatable bonds is 9. The molecule has 2 heteroatoms. The van der Waals surface area contributed by atoms with Crippen LogP contribution in [0.25, 0.3) is 0 Å². The van der Waals surface area contributed by atoms with Crippen LogP contribution in [0.2, 0.25) is 0 Å². The van der Waals surface area contributed by atoms with E-state index in [0.717, 1.165) is 30.3 Å². The summed E-state index contributed by atoms with van der Waals surface area (Å²) in [5, 5.41) is 0. The molecule has 0 N–H and O–H groups in total. The molecule has 1 aliphatic rings. The minimum absolute atomic E-state index is 0.622. The van der Waals surface area contributed by atoms with E-state index in [1.165, 1.54) is 30.4 Å². The van der Waals surface area contributed by atoms with Crippen molar-refractivity contribution in [1.29, 1.82) is 0 Å². The van der Waals surface area contributed by atoms with Crippen molar-refractivity contribution in [3.8, 4) is 18.1 Å². The van der Waals surface area contributed by atoms with Gasteiger partial charge in [-0.05, 0) is 72.8 Å². The zero-order chi connectivity index (χ0) is 18.9. The number of benzene rings is 1. The second kappa shape index (κ2) is 10.1. The molecular formula is C24H32O2. The third-order valence-electron chi connectivity index (χ3n) is 5.51. The van der Waals surface area contributed by atoms with Gasteiger partial charge in [-0.2, -0.15) is 0 Å². The van der Waals surface area contributed by atoms with Gasteiger partial charge in [-0.1, -0.05) is 38.3 Å². The van der Waals surface area contributed by atoms with Gasteiger partial charge in [0.2, 0.25) is 0 Å². The molecule has 2 rings (SSSR count). The Labute approximate surface area is 159 Å². The normalized spacial score (nSPS) is 20.7. The van der Waals surface area contributed by atoms with E-state index < -0.39 is 0 Å². The summed E-state index contributed by atoms with van der Waals surface area (Å²) < 4.78 is 10.7. The molecule has 1 aliphatic carbocycles. The van der Waals surface area contributed by atoms with E-state index in [4.69, 9.17) is 15.9 Å². The molecule has 3 atom stereocenters. The van der Waals surface area contributed by atoms with E-state index in [2.05, 4.69) is 44.0 Å². The minimum Gasteiger partial charge on any atom is -0.497 e. The van der Waals surface area contributed by atoms with Crippen LogP contribution in [0.5, 0.6) is 5.75 Å². The number of hydrogen-bond acceptors (Lipinski definition) is 2. The number of methoxy groups -OCH3 is 2. The van der Waals surface area contributed by atoms with Crippen LogP contribution in [0, 0.1) is 24.2 Å². The summed E-state index contributed by atoms with van der Waals surface area (Å²) in [6.45, 7) is 4.68. The van der Waals surface area contributed by atoms with Crippen LogP contribution in [0.3, 0.4) is 0 Å². The average Bonchev–Trinajstić information content (AvgIpc) is 3.01. The zero-order valence-corrected chi connectivity index (χ0v) is 16.6. The van der Waals surface area contributed by atoms with Crippen LogP contribution < -0.4 is 4.74 Å². The maximum absolute atomic E-state index is 5.48. The standard InChI is InChI=1S/C24H32O2/c1-6-10-20-16-19-14-15-22(26-5)17-23(19)24(20)18(3)12-8-9-13-21(25-4)11-7-2/h2,9,11,13-15,17-18,20,24H,6,8,10,12,16H2,1,3-5H3/b13-9-,21-11+/t18-,20?,24?/m0/s1. The van der Waals surface area contributed by atoms with Gasteiger partial charge in [-0.25, -0.2) is 0 Å². The highest BCUT2D eigenvalue weighted by molar-refractivity contribution is 5.42. The number of fused-ring (bicyclic) bond motifs is 1. The fourth-order valence-electron chi connectivity index (χ4n) is 4.28. The average molecular weight is 353 g/mol. The third kappa shape index (κ3) is 4.94. The quantitative estimate of drug-likeness (QED) is 0.313. The molecule has 2 nitrogen and oxygen atoms in total. The van der Waals surface area contributed by atoms with Crippen molar-refractivity contribution in [2.75, 3.05) is 14.2 Å². The fourth-order valence-corrected chi connectivity index (χ4v) is 4.28. The summed E-state index contributed by atoms with van der Waals surface area (Å²) in [6, 6.07) is 6.63. The molecule has 0 aliphatic heterocycles. The van der Waals surface area contributed by atoms with Crippen LogP contribution in [-0.2, 0) is 11.2 Å². The van der Waals surface area contributed by atoms with E-state index in [-0.39, 0.29) is 0 Å². The molecule has 0 saturated heterocycles. The van der Waals surface area contributed by atoms with E-state index in [9.17, 15) is 0 Å². The lowest BCUT2D eigenvalue weighted by molar-refractivity contribution is 0.306. The highest BCUT2D eigenvalue weighted by Gasteiger charge is 2.35. The lowest BCUT2D eigenvalue weighted by Crippen LogP contribution is -2.16. The lowest BCUT2D eigenvalue weighted by atomic mass is 9.78. The highest BCUT2D eigenvalue weighted by atomic mass is 16.5. The fraction of sp³-hybridized carbons (Fsp3) is 0.500. The minimum atomic E-state index is 0.622. The maximum Gasteiger partial charge on any atom is 0.126 e. The molecule has 140 valence electrons. The molecule has 1 aromatic carbocycles. The topological polar surface area (TPSA) is 18.5 Å². The zero-order valence-electron chi connectivity index (χ0n) is 16.6. The van der Waals surface area contributed by atoms with Crippen LogP contribution in [0.1, 0.15) is 56.6 Å². The molecule has 0 amide bonds. The molecule has 0 spiro atoms. The summed E-state index contributed by atoms with van der Waals surface area (Å²) in [5.74, 6) is 6.22. The Kier molecular flexibility index (Phi) is 7.85. The van der Waals surface area contributed by atoms with Crippen molar-refractivity contribution in [3.63, 3.8) is 0 Å². The van der Waals surface area contributed by atoms with Gasteiger partial charge in [-0.3, -0.25) is 0 Å². The first-order valence-corrected chi connectivity index (χ1v) is 9.68. The van der Waals surface area contributed by atoms with Crippen LogP contribution in [0.4, 0.5) is 0 Å². The van der Waals surface area contributed by atoms with Crippen LogP contribution in [0.15, 0.2) is 42.2 Å². The summed E-state index contributed by atoms with van der Waals surface area (Å²) in [6.07, 6.45) is 17.0. The van der Waals surface area contributed by atoms with Crippen molar-refractivity contribution in [2.24, 2.45) is 11.8 Å². The Morgan fingerprint density at radius 1 is 1.38 bits per heavy atom. The number of hydrogen-bond donors (Lipinski definition) is 0. The second-order valence-electron chi connectivity index (χ2n) is 7.22. The van der Waals surface area contributed by atoms with Gasteiger partial charge in [0.25, 0.3) is 0 Å². The monoisotopic (exact) mass is 352 g/mol. The first-order chi connectivity index (χ1) is 12.6. The molecule has 1 aromatic rings. The third-order valence-corrected chi connectivity index (χ3v) is 5.51. The van der Waals surface area contributed by atoms with Crippen molar-refractivity contribution >= 4 is 0 Å². The maximum atomic E-state index is 5.48. The molecule has 0 radical (unpaired) electrons. The molecular weight excluding hydrogens is 320 g/mol. The molecule has 0 aromatic heterocycles. The Morgan fingerprint density at radius 2 is 2.19 bits per heavy atom. The first-order valence-electron chi connectivity index (χ1n) is 9.68. The second-order valence-corrected chi connectivity index (χ2v) is 7.22. The van der Waals surface area contributed by atoms with E-state index in [0.29, 0.717) is 11.8 Å². The smallest absolute Gasteiger partial charge is 0.126 e. The van der Waals surface area contributed by atoms with Gasteiger partial charge in [0.15, 0.2) is 0 Å².